The van der Waals surface area contributed by atoms with Gasteiger partial charge in [0.2, 0.25) is 5.91 Å². The zero-order chi connectivity index (χ0) is 21.8. The molecule has 1 amide bonds. The van der Waals surface area contributed by atoms with Gasteiger partial charge in [0.25, 0.3) is 0 Å². The number of rotatable bonds is 6. The first kappa shape index (κ1) is 21.4. The van der Waals surface area contributed by atoms with Crippen LogP contribution in [0.3, 0.4) is 0 Å². The number of carbonyl (C=O) groups is 1. The van der Waals surface area contributed by atoms with Gasteiger partial charge >= 0.3 is 0 Å². The van der Waals surface area contributed by atoms with Crippen LogP contribution in [-0.2, 0) is 4.79 Å². The van der Waals surface area contributed by atoms with Gasteiger partial charge in [-0.15, -0.1) is 10.2 Å². The molecule has 3 aromatic rings. The van der Waals surface area contributed by atoms with Gasteiger partial charge in [-0.05, 0) is 57.4 Å². The number of likely N-dealkylation sites (tertiary alicyclic amines) is 1. The van der Waals surface area contributed by atoms with E-state index in [0.29, 0.717) is 10.9 Å². The highest BCUT2D eigenvalue weighted by molar-refractivity contribution is 7.99. The van der Waals surface area contributed by atoms with E-state index in [9.17, 15) is 4.79 Å². The van der Waals surface area contributed by atoms with Crippen molar-refractivity contribution in [3.63, 3.8) is 0 Å². The van der Waals surface area contributed by atoms with Crippen LogP contribution < -0.4 is 4.74 Å². The molecule has 0 aliphatic carbocycles. The van der Waals surface area contributed by atoms with Crippen LogP contribution in [0.25, 0.3) is 17.1 Å². The summed E-state index contributed by atoms with van der Waals surface area (Å²) in [5.41, 5.74) is 1.90. The van der Waals surface area contributed by atoms with E-state index in [1.54, 1.807) is 7.11 Å². The van der Waals surface area contributed by atoms with E-state index in [1.165, 1.54) is 18.2 Å². The highest BCUT2D eigenvalue weighted by Gasteiger charge is 2.29. The van der Waals surface area contributed by atoms with E-state index in [2.05, 4.69) is 24.0 Å². The maximum absolute atomic E-state index is 13.0. The van der Waals surface area contributed by atoms with Gasteiger partial charge in [0.15, 0.2) is 11.0 Å². The molecule has 4 rings (SSSR count). The molecule has 7 heteroatoms. The Morgan fingerprint density at radius 2 is 1.71 bits per heavy atom. The normalized spacial score (nSPS) is 18.7. The van der Waals surface area contributed by atoms with Gasteiger partial charge in [-0.1, -0.05) is 42.1 Å². The molecule has 31 heavy (non-hydrogen) atoms. The van der Waals surface area contributed by atoms with Gasteiger partial charge in [-0.3, -0.25) is 9.36 Å². The Labute approximate surface area is 187 Å². The highest BCUT2D eigenvalue weighted by Crippen LogP contribution is 2.30. The summed E-state index contributed by atoms with van der Waals surface area (Å²) < 4.78 is 7.31. The van der Waals surface area contributed by atoms with Gasteiger partial charge in [0, 0.05) is 23.3 Å². The quantitative estimate of drug-likeness (QED) is 0.518. The monoisotopic (exact) mass is 436 g/mol. The number of nitrogens with zero attached hydrogens (tertiary/aromatic N) is 4. The summed E-state index contributed by atoms with van der Waals surface area (Å²) in [4.78, 5) is 15.1. The number of amides is 1. The number of thioether (sulfide) groups is 1. The number of carbonyl (C=O) groups excluding carboxylic acids is 1. The third-order valence-electron chi connectivity index (χ3n) is 5.80. The number of ether oxygens (including phenoxy) is 1. The summed E-state index contributed by atoms with van der Waals surface area (Å²) >= 11 is 1.44. The summed E-state index contributed by atoms with van der Waals surface area (Å²) in [5.74, 6) is 2.05. The lowest BCUT2D eigenvalue weighted by atomic mass is 9.98. The van der Waals surface area contributed by atoms with Crippen LogP contribution in [0.15, 0.2) is 59.8 Å². The molecule has 2 atom stereocenters. The van der Waals surface area contributed by atoms with Crippen molar-refractivity contribution in [2.24, 2.45) is 0 Å². The number of hydrogen-bond donors (Lipinski definition) is 0. The van der Waals surface area contributed by atoms with E-state index in [0.717, 1.165) is 35.7 Å². The maximum atomic E-state index is 13.0. The van der Waals surface area contributed by atoms with E-state index < -0.39 is 0 Å². The lowest BCUT2D eigenvalue weighted by Crippen LogP contribution is -2.48. The van der Waals surface area contributed by atoms with Crippen LogP contribution in [-0.4, -0.2) is 50.5 Å². The standard InChI is InChI=1S/C24H28N4O2S/c1-17-8-7-9-18(2)27(17)22(29)16-31-24-26-25-23(19-10-5-4-6-11-19)28(24)20-12-14-21(30-3)15-13-20/h4-6,10-15,17-18H,7-9,16H2,1-3H3/t17-,18+. The van der Waals surface area contributed by atoms with Gasteiger partial charge in [-0.2, -0.15) is 0 Å². The lowest BCUT2D eigenvalue weighted by molar-refractivity contribution is -0.134. The van der Waals surface area contributed by atoms with Crippen LogP contribution in [0.2, 0.25) is 0 Å². The molecule has 2 aromatic carbocycles. The van der Waals surface area contributed by atoms with Crippen LogP contribution in [0.4, 0.5) is 0 Å². The van der Waals surface area contributed by atoms with Gasteiger partial charge in [0.05, 0.1) is 12.9 Å². The van der Waals surface area contributed by atoms with Crippen molar-refractivity contribution >= 4 is 17.7 Å². The second-order valence-corrected chi connectivity index (χ2v) is 8.87. The third kappa shape index (κ3) is 4.61. The van der Waals surface area contributed by atoms with E-state index in [4.69, 9.17) is 4.74 Å². The van der Waals surface area contributed by atoms with Crippen molar-refractivity contribution in [2.75, 3.05) is 12.9 Å². The van der Waals surface area contributed by atoms with Gasteiger partial charge < -0.3 is 9.64 Å². The van der Waals surface area contributed by atoms with Crippen molar-refractivity contribution in [3.8, 4) is 22.8 Å². The largest absolute Gasteiger partial charge is 0.497 e. The zero-order valence-corrected chi connectivity index (χ0v) is 19.0. The molecule has 0 unspecified atom stereocenters. The minimum Gasteiger partial charge on any atom is -0.497 e. The molecule has 1 aromatic heterocycles. The fourth-order valence-corrected chi connectivity index (χ4v) is 5.04. The minimum atomic E-state index is 0.162. The summed E-state index contributed by atoms with van der Waals surface area (Å²) in [6, 6.07) is 18.4. The topological polar surface area (TPSA) is 60.2 Å². The molecule has 0 bridgehead atoms. The molecule has 162 valence electrons. The molecule has 1 fully saturated rings. The van der Waals surface area contributed by atoms with Crippen molar-refractivity contribution in [1.82, 2.24) is 19.7 Å². The predicted octanol–water partition coefficient (Wildman–Crippen LogP) is 4.82. The Morgan fingerprint density at radius 1 is 1.03 bits per heavy atom. The molecule has 1 saturated heterocycles. The molecule has 2 heterocycles. The van der Waals surface area contributed by atoms with Crippen molar-refractivity contribution in [1.29, 1.82) is 0 Å². The summed E-state index contributed by atoms with van der Waals surface area (Å²) in [6.07, 6.45) is 3.33. The molecule has 1 aliphatic heterocycles. The Bertz CT molecular complexity index is 1010. The number of piperidine rings is 1. The summed E-state index contributed by atoms with van der Waals surface area (Å²) in [6.45, 7) is 4.29. The second kappa shape index (κ2) is 9.56. The van der Waals surface area contributed by atoms with Crippen molar-refractivity contribution in [2.45, 2.75) is 50.4 Å². The van der Waals surface area contributed by atoms with Crippen LogP contribution in [0.5, 0.6) is 5.75 Å². The minimum absolute atomic E-state index is 0.162. The molecule has 0 saturated carbocycles. The number of aromatic nitrogens is 3. The van der Waals surface area contributed by atoms with Crippen LogP contribution in [0, 0.1) is 0 Å². The smallest absolute Gasteiger partial charge is 0.233 e. The van der Waals surface area contributed by atoms with E-state index in [-0.39, 0.29) is 18.0 Å². The van der Waals surface area contributed by atoms with Crippen LogP contribution in [0.1, 0.15) is 33.1 Å². The first-order valence-electron chi connectivity index (χ1n) is 10.7. The van der Waals surface area contributed by atoms with Gasteiger partial charge in [0.1, 0.15) is 5.75 Å². The van der Waals surface area contributed by atoms with Gasteiger partial charge in [-0.25, -0.2) is 0 Å². The summed E-state index contributed by atoms with van der Waals surface area (Å²) in [5, 5.41) is 9.61. The highest BCUT2D eigenvalue weighted by atomic mass is 32.2. The average Bonchev–Trinajstić information content (AvgIpc) is 3.22. The molecule has 1 aliphatic rings. The molecule has 6 nitrogen and oxygen atoms in total. The van der Waals surface area contributed by atoms with E-state index >= 15 is 0 Å². The first-order valence-corrected chi connectivity index (χ1v) is 11.7. The Balaban J connectivity index is 1.63. The average molecular weight is 437 g/mol. The van der Waals surface area contributed by atoms with Crippen LogP contribution >= 0.6 is 11.8 Å². The Kier molecular flexibility index (Phi) is 6.61. The Hall–Kier alpha value is -2.80. The number of hydrogen-bond acceptors (Lipinski definition) is 5. The molecular formula is C24H28N4O2S. The molecule has 0 N–H and O–H groups in total. The number of methoxy groups -OCH3 is 1. The van der Waals surface area contributed by atoms with Crippen molar-refractivity contribution < 1.29 is 9.53 Å². The fraction of sp³-hybridized carbons (Fsp3) is 0.375. The zero-order valence-electron chi connectivity index (χ0n) is 18.2. The first-order chi connectivity index (χ1) is 15.1. The maximum Gasteiger partial charge on any atom is 0.233 e. The third-order valence-corrected chi connectivity index (χ3v) is 6.72. The Morgan fingerprint density at radius 3 is 2.35 bits per heavy atom. The van der Waals surface area contributed by atoms with E-state index in [1.807, 2.05) is 64.1 Å². The SMILES string of the molecule is COc1ccc(-n2c(SCC(=O)N3[C@H](C)CCC[C@@H]3C)nnc2-c2ccccc2)cc1. The molecule has 0 radical (unpaired) electrons. The lowest BCUT2D eigenvalue weighted by Gasteiger charge is -2.39. The van der Waals surface area contributed by atoms with Crippen molar-refractivity contribution in [3.05, 3.63) is 54.6 Å². The molecular weight excluding hydrogens is 408 g/mol. The second-order valence-electron chi connectivity index (χ2n) is 7.92. The summed E-state index contributed by atoms with van der Waals surface area (Å²) in [7, 11) is 1.65. The fourth-order valence-electron chi connectivity index (χ4n) is 4.22. The number of benzene rings is 2. The molecule has 0 spiro atoms. The predicted molar refractivity (Wildman–Crippen MR) is 124 cm³/mol.